The zero-order chi connectivity index (χ0) is 11.5. The van der Waals surface area contributed by atoms with Gasteiger partial charge in [-0.3, -0.25) is 0 Å². The first-order valence-corrected chi connectivity index (χ1v) is 6.01. The van der Waals surface area contributed by atoms with Crippen LogP contribution in [0.5, 0.6) is 0 Å². The Morgan fingerprint density at radius 2 is 2.19 bits per heavy atom. The molecule has 88 valence electrons. The van der Waals surface area contributed by atoms with Crippen LogP contribution in [-0.2, 0) is 0 Å². The first-order valence-electron chi connectivity index (χ1n) is 6.01. The lowest BCUT2D eigenvalue weighted by molar-refractivity contribution is 0.447. The van der Waals surface area contributed by atoms with Crippen LogP contribution in [0.15, 0.2) is 12.1 Å². The molecular formula is C12H20N4. The standard InChI is InChI=1S/C12H20N4/c1-2-9-5-3-4-8-16(9)11-7-6-10(13)12(14)15-11/h6-7,9H,2-5,8,13H2,1H3,(H2,14,15). The van der Waals surface area contributed by atoms with Crippen LogP contribution >= 0.6 is 0 Å². The molecule has 16 heavy (non-hydrogen) atoms. The van der Waals surface area contributed by atoms with E-state index in [1.807, 2.05) is 12.1 Å². The van der Waals surface area contributed by atoms with Crippen LogP contribution in [0.4, 0.5) is 17.3 Å². The third kappa shape index (κ3) is 2.05. The van der Waals surface area contributed by atoms with E-state index in [-0.39, 0.29) is 0 Å². The van der Waals surface area contributed by atoms with E-state index < -0.39 is 0 Å². The number of anilines is 3. The fourth-order valence-corrected chi connectivity index (χ4v) is 2.36. The molecule has 1 aliphatic rings. The monoisotopic (exact) mass is 220 g/mol. The van der Waals surface area contributed by atoms with Gasteiger partial charge in [0.05, 0.1) is 5.69 Å². The van der Waals surface area contributed by atoms with Crippen molar-refractivity contribution in [1.82, 2.24) is 4.98 Å². The summed E-state index contributed by atoms with van der Waals surface area (Å²) in [7, 11) is 0. The van der Waals surface area contributed by atoms with Crippen molar-refractivity contribution < 1.29 is 0 Å². The maximum absolute atomic E-state index is 5.75. The zero-order valence-electron chi connectivity index (χ0n) is 9.82. The summed E-state index contributed by atoms with van der Waals surface area (Å²) in [6.45, 7) is 3.30. The molecule has 1 saturated heterocycles. The Kier molecular flexibility index (Phi) is 3.17. The van der Waals surface area contributed by atoms with E-state index in [4.69, 9.17) is 11.5 Å². The molecule has 1 atom stereocenters. The normalized spacial score (nSPS) is 21.1. The molecule has 4 N–H and O–H groups in total. The van der Waals surface area contributed by atoms with E-state index in [0.29, 0.717) is 17.5 Å². The molecule has 1 unspecified atom stereocenters. The number of rotatable bonds is 2. The van der Waals surface area contributed by atoms with E-state index in [0.717, 1.165) is 18.8 Å². The van der Waals surface area contributed by atoms with Crippen LogP contribution in [0, 0.1) is 0 Å². The quantitative estimate of drug-likeness (QED) is 0.800. The summed E-state index contributed by atoms with van der Waals surface area (Å²) >= 11 is 0. The Labute approximate surface area is 96.6 Å². The molecule has 0 aliphatic carbocycles. The van der Waals surface area contributed by atoms with E-state index in [1.54, 1.807) is 0 Å². The Hall–Kier alpha value is -1.45. The summed E-state index contributed by atoms with van der Waals surface area (Å²) in [5, 5.41) is 0. The molecule has 0 spiro atoms. The SMILES string of the molecule is CCC1CCCCN1c1ccc(N)c(N)n1. The molecule has 4 nitrogen and oxygen atoms in total. The molecule has 0 amide bonds. The lowest BCUT2D eigenvalue weighted by atomic mass is 10.00. The van der Waals surface area contributed by atoms with Crippen molar-refractivity contribution in [2.24, 2.45) is 0 Å². The van der Waals surface area contributed by atoms with Crippen LogP contribution in [0.25, 0.3) is 0 Å². The van der Waals surface area contributed by atoms with Crippen molar-refractivity contribution in [3.8, 4) is 0 Å². The van der Waals surface area contributed by atoms with Gasteiger partial charge in [0.1, 0.15) is 11.6 Å². The first-order chi connectivity index (χ1) is 7.72. The molecule has 2 heterocycles. The molecule has 4 heteroatoms. The lowest BCUT2D eigenvalue weighted by Crippen LogP contribution is -2.39. The van der Waals surface area contributed by atoms with Crippen LogP contribution in [0.1, 0.15) is 32.6 Å². The highest BCUT2D eigenvalue weighted by molar-refractivity contribution is 5.62. The summed E-state index contributed by atoms with van der Waals surface area (Å²) in [5.41, 5.74) is 12.0. The van der Waals surface area contributed by atoms with Gasteiger partial charge < -0.3 is 16.4 Å². The summed E-state index contributed by atoms with van der Waals surface area (Å²) < 4.78 is 0. The Balaban J connectivity index is 2.23. The van der Waals surface area contributed by atoms with Crippen molar-refractivity contribution in [3.05, 3.63) is 12.1 Å². The van der Waals surface area contributed by atoms with E-state index in [2.05, 4.69) is 16.8 Å². The second-order valence-electron chi connectivity index (χ2n) is 4.40. The van der Waals surface area contributed by atoms with Gasteiger partial charge in [0, 0.05) is 12.6 Å². The van der Waals surface area contributed by atoms with Gasteiger partial charge in [-0.15, -0.1) is 0 Å². The molecule has 1 fully saturated rings. The molecule has 1 aromatic heterocycles. The van der Waals surface area contributed by atoms with Gasteiger partial charge in [-0.1, -0.05) is 6.92 Å². The Morgan fingerprint density at radius 3 is 2.88 bits per heavy atom. The summed E-state index contributed by atoms with van der Waals surface area (Å²) in [5.74, 6) is 1.41. The Morgan fingerprint density at radius 1 is 1.38 bits per heavy atom. The van der Waals surface area contributed by atoms with Crippen LogP contribution < -0.4 is 16.4 Å². The molecule has 1 aliphatic heterocycles. The molecular weight excluding hydrogens is 200 g/mol. The fraction of sp³-hybridized carbons (Fsp3) is 0.583. The number of hydrogen-bond donors (Lipinski definition) is 2. The Bertz CT molecular complexity index is 364. The van der Waals surface area contributed by atoms with Crippen molar-refractivity contribution in [2.75, 3.05) is 22.9 Å². The summed E-state index contributed by atoms with van der Waals surface area (Å²) in [6.07, 6.45) is 4.97. The van der Waals surface area contributed by atoms with Crippen molar-refractivity contribution in [3.63, 3.8) is 0 Å². The van der Waals surface area contributed by atoms with Crippen LogP contribution in [0.3, 0.4) is 0 Å². The third-order valence-corrected chi connectivity index (χ3v) is 3.34. The second kappa shape index (κ2) is 4.60. The summed E-state index contributed by atoms with van der Waals surface area (Å²) in [4.78, 5) is 6.73. The molecule has 0 saturated carbocycles. The van der Waals surface area contributed by atoms with E-state index in [1.165, 1.54) is 19.3 Å². The highest BCUT2D eigenvalue weighted by atomic mass is 15.2. The molecule has 0 aromatic carbocycles. The lowest BCUT2D eigenvalue weighted by Gasteiger charge is -2.36. The first kappa shape index (κ1) is 11.0. The predicted molar refractivity (Wildman–Crippen MR) is 68.3 cm³/mol. The molecule has 0 bridgehead atoms. The van der Waals surface area contributed by atoms with Gasteiger partial charge in [0.15, 0.2) is 0 Å². The van der Waals surface area contributed by atoms with Gasteiger partial charge in [-0.25, -0.2) is 4.98 Å². The van der Waals surface area contributed by atoms with Crippen molar-refractivity contribution >= 4 is 17.3 Å². The smallest absolute Gasteiger partial charge is 0.149 e. The van der Waals surface area contributed by atoms with Gasteiger partial charge in [-0.05, 0) is 37.8 Å². The van der Waals surface area contributed by atoms with Gasteiger partial charge in [0.25, 0.3) is 0 Å². The number of nitrogens with two attached hydrogens (primary N) is 2. The fourth-order valence-electron chi connectivity index (χ4n) is 2.36. The third-order valence-electron chi connectivity index (χ3n) is 3.34. The van der Waals surface area contributed by atoms with Crippen molar-refractivity contribution in [1.29, 1.82) is 0 Å². The predicted octanol–water partition coefficient (Wildman–Crippen LogP) is 2.01. The van der Waals surface area contributed by atoms with Crippen molar-refractivity contribution in [2.45, 2.75) is 38.6 Å². The number of nitrogen functional groups attached to an aromatic ring is 2. The number of pyridine rings is 1. The minimum absolute atomic E-state index is 0.443. The minimum atomic E-state index is 0.443. The van der Waals surface area contributed by atoms with Gasteiger partial charge >= 0.3 is 0 Å². The van der Waals surface area contributed by atoms with E-state index in [9.17, 15) is 0 Å². The summed E-state index contributed by atoms with van der Waals surface area (Å²) in [6, 6.07) is 4.42. The topological polar surface area (TPSA) is 68.2 Å². The maximum atomic E-state index is 5.75. The highest BCUT2D eigenvalue weighted by Gasteiger charge is 2.22. The molecule has 0 radical (unpaired) electrons. The van der Waals surface area contributed by atoms with Gasteiger partial charge in [0.2, 0.25) is 0 Å². The maximum Gasteiger partial charge on any atom is 0.149 e. The second-order valence-corrected chi connectivity index (χ2v) is 4.40. The molecule has 1 aromatic rings. The van der Waals surface area contributed by atoms with Gasteiger partial charge in [-0.2, -0.15) is 0 Å². The van der Waals surface area contributed by atoms with Crippen LogP contribution in [0.2, 0.25) is 0 Å². The number of aromatic nitrogens is 1. The van der Waals surface area contributed by atoms with Crippen LogP contribution in [-0.4, -0.2) is 17.6 Å². The zero-order valence-corrected chi connectivity index (χ0v) is 9.82. The molecule has 2 rings (SSSR count). The largest absolute Gasteiger partial charge is 0.396 e. The highest BCUT2D eigenvalue weighted by Crippen LogP contribution is 2.26. The number of hydrogen-bond acceptors (Lipinski definition) is 4. The van der Waals surface area contributed by atoms with E-state index >= 15 is 0 Å². The average Bonchev–Trinajstić information content (AvgIpc) is 2.32. The average molecular weight is 220 g/mol. The number of nitrogens with zero attached hydrogens (tertiary/aromatic N) is 2. The number of piperidine rings is 1. The minimum Gasteiger partial charge on any atom is -0.396 e.